The van der Waals surface area contributed by atoms with Crippen molar-refractivity contribution in [2.24, 2.45) is 0 Å². The van der Waals surface area contributed by atoms with Crippen molar-refractivity contribution in [3.63, 3.8) is 0 Å². The summed E-state index contributed by atoms with van der Waals surface area (Å²) < 4.78 is 4.79. The Hall–Kier alpha value is -1.35. The normalized spacial score (nSPS) is 24.3. The highest BCUT2D eigenvalue weighted by atomic mass is 16.5. The van der Waals surface area contributed by atoms with E-state index in [1.54, 1.807) is 0 Å². The van der Waals surface area contributed by atoms with Crippen LogP contribution in [0.2, 0.25) is 0 Å². The number of benzene rings is 1. The van der Waals surface area contributed by atoms with Crippen LogP contribution in [0.4, 0.5) is 0 Å². The van der Waals surface area contributed by atoms with Crippen molar-refractivity contribution in [3.8, 4) is 0 Å². The number of nitrogens with one attached hydrogen (secondary N) is 1. The quantitative estimate of drug-likeness (QED) is 0.810. The van der Waals surface area contributed by atoms with Crippen LogP contribution >= 0.6 is 0 Å². The van der Waals surface area contributed by atoms with Crippen molar-refractivity contribution < 1.29 is 9.53 Å². The van der Waals surface area contributed by atoms with Gasteiger partial charge in [-0.25, -0.2) is 0 Å². The zero-order valence-corrected chi connectivity index (χ0v) is 10.2. The summed E-state index contributed by atoms with van der Waals surface area (Å²) in [6.45, 7) is 0. The van der Waals surface area contributed by atoms with Gasteiger partial charge in [-0.05, 0) is 31.2 Å². The van der Waals surface area contributed by atoms with E-state index in [0.717, 1.165) is 25.7 Å². The number of hydrogen-bond donors (Lipinski definition) is 1. The Morgan fingerprint density at radius 2 is 2.12 bits per heavy atom. The van der Waals surface area contributed by atoms with E-state index in [1.807, 2.05) is 6.07 Å². The highest BCUT2D eigenvalue weighted by molar-refractivity contribution is 5.75. The molecule has 1 N–H and O–H groups in total. The Labute approximate surface area is 102 Å². The SMILES string of the molecule is COC(=O)[C@H]1CCC[C@@H](Cc2ccccc2)N1. The number of rotatable bonds is 3. The second-order valence-corrected chi connectivity index (χ2v) is 4.56. The number of hydrogen-bond acceptors (Lipinski definition) is 3. The van der Waals surface area contributed by atoms with Crippen LogP contribution in [0, 0.1) is 0 Å². The van der Waals surface area contributed by atoms with Crippen LogP contribution in [-0.2, 0) is 16.0 Å². The van der Waals surface area contributed by atoms with Gasteiger partial charge in [-0.3, -0.25) is 4.79 Å². The first-order valence-electron chi connectivity index (χ1n) is 6.17. The molecule has 92 valence electrons. The van der Waals surface area contributed by atoms with Crippen molar-refractivity contribution in [1.82, 2.24) is 5.32 Å². The Morgan fingerprint density at radius 1 is 1.35 bits per heavy atom. The molecule has 2 rings (SSSR count). The van der Waals surface area contributed by atoms with E-state index in [-0.39, 0.29) is 12.0 Å². The van der Waals surface area contributed by atoms with E-state index < -0.39 is 0 Å². The molecule has 1 heterocycles. The molecule has 0 amide bonds. The van der Waals surface area contributed by atoms with Gasteiger partial charge in [-0.15, -0.1) is 0 Å². The monoisotopic (exact) mass is 233 g/mol. The lowest BCUT2D eigenvalue weighted by atomic mass is 9.94. The summed E-state index contributed by atoms with van der Waals surface area (Å²) in [5.41, 5.74) is 1.32. The lowest BCUT2D eigenvalue weighted by Crippen LogP contribution is -2.48. The predicted octanol–water partition coefficient (Wildman–Crippen LogP) is 1.91. The minimum absolute atomic E-state index is 0.123. The van der Waals surface area contributed by atoms with Gasteiger partial charge in [0.05, 0.1) is 7.11 Å². The third-order valence-corrected chi connectivity index (χ3v) is 3.29. The minimum atomic E-state index is -0.136. The van der Waals surface area contributed by atoms with Crippen molar-refractivity contribution >= 4 is 5.97 Å². The summed E-state index contributed by atoms with van der Waals surface area (Å²) in [4.78, 5) is 11.5. The van der Waals surface area contributed by atoms with Gasteiger partial charge in [0.25, 0.3) is 0 Å². The third-order valence-electron chi connectivity index (χ3n) is 3.29. The van der Waals surface area contributed by atoms with Gasteiger partial charge in [-0.2, -0.15) is 0 Å². The molecule has 0 spiro atoms. The van der Waals surface area contributed by atoms with Crippen molar-refractivity contribution in [2.45, 2.75) is 37.8 Å². The van der Waals surface area contributed by atoms with Crippen LogP contribution in [-0.4, -0.2) is 25.2 Å². The molecule has 1 aromatic rings. The number of carbonyl (C=O) groups excluding carboxylic acids is 1. The molecule has 1 aliphatic heterocycles. The smallest absolute Gasteiger partial charge is 0.322 e. The maximum atomic E-state index is 11.5. The van der Waals surface area contributed by atoms with Crippen LogP contribution in [0.1, 0.15) is 24.8 Å². The molecular weight excluding hydrogens is 214 g/mol. The summed E-state index contributed by atoms with van der Waals surface area (Å²) >= 11 is 0. The molecule has 3 heteroatoms. The van der Waals surface area contributed by atoms with Crippen LogP contribution in [0.5, 0.6) is 0 Å². The number of ether oxygens (including phenoxy) is 1. The molecule has 0 saturated carbocycles. The Morgan fingerprint density at radius 3 is 2.82 bits per heavy atom. The molecule has 0 aliphatic carbocycles. The van der Waals surface area contributed by atoms with E-state index in [4.69, 9.17) is 4.74 Å². The van der Waals surface area contributed by atoms with Crippen molar-refractivity contribution in [1.29, 1.82) is 0 Å². The van der Waals surface area contributed by atoms with Gasteiger partial charge in [0, 0.05) is 6.04 Å². The first-order valence-corrected chi connectivity index (χ1v) is 6.17. The highest BCUT2D eigenvalue weighted by Crippen LogP contribution is 2.17. The average molecular weight is 233 g/mol. The van der Waals surface area contributed by atoms with Crippen LogP contribution in [0.3, 0.4) is 0 Å². The first kappa shape index (κ1) is 12.1. The van der Waals surface area contributed by atoms with Gasteiger partial charge >= 0.3 is 5.97 Å². The molecule has 1 saturated heterocycles. The van der Waals surface area contributed by atoms with E-state index >= 15 is 0 Å². The molecular formula is C14H19NO2. The van der Waals surface area contributed by atoms with E-state index in [9.17, 15) is 4.79 Å². The predicted molar refractivity (Wildman–Crippen MR) is 66.7 cm³/mol. The first-order chi connectivity index (χ1) is 8.29. The summed E-state index contributed by atoms with van der Waals surface area (Å²) in [5, 5.41) is 3.38. The Kier molecular flexibility index (Phi) is 4.15. The molecule has 1 aliphatic rings. The number of piperidine rings is 1. The van der Waals surface area contributed by atoms with Gasteiger partial charge in [0.2, 0.25) is 0 Å². The minimum Gasteiger partial charge on any atom is -0.468 e. The highest BCUT2D eigenvalue weighted by Gasteiger charge is 2.26. The fourth-order valence-corrected chi connectivity index (χ4v) is 2.41. The molecule has 2 atom stereocenters. The molecule has 0 radical (unpaired) electrons. The molecule has 0 aromatic heterocycles. The summed E-state index contributed by atoms with van der Waals surface area (Å²) in [5.74, 6) is -0.136. The average Bonchev–Trinajstić information content (AvgIpc) is 2.39. The van der Waals surface area contributed by atoms with Crippen LogP contribution < -0.4 is 5.32 Å². The maximum absolute atomic E-state index is 11.5. The van der Waals surface area contributed by atoms with Crippen LogP contribution in [0.15, 0.2) is 30.3 Å². The second-order valence-electron chi connectivity index (χ2n) is 4.56. The summed E-state index contributed by atoms with van der Waals surface area (Å²) in [7, 11) is 1.45. The zero-order chi connectivity index (χ0) is 12.1. The second kappa shape index (κ2) is 5.82. The maximum Gasteiger partial charge on any atom is 0.322 e. The van der Waals surface area contributed by atoms with E-state index in [1.165, 1.54) is 12.7 Å². The van der Waals surface area contributed by atoms with Gasteiger partial charge in [-0.1, -0.05) is 30.3 Å². The van der Waals surface area contributed by atoms with E-state index in [0.29, 0.717) is 6.04 Å². The molecule has 1 aromatic carbocycles. The molecule has 1 fully saturated rings. The van der Waals surface area contributed by atoms with E-state index in [2.05, 4.69) is 29.6 Å². The van der Waals surface area contributed by atoms with Crippen molar-refractivity contribution in [2.75, 3.05) is 7.11 Å². The Balaban J connectivity index is 1.92. The fraction of sp³-hybridized carbons (Fsp3) is 0.500. The lowest BCUT2D eigenvalue weighted by molar-refractivity contribution is -0.144. The molecule has 3 nitrogen and oxygen atoms in total. The standard InChI is InChI=1S/C14H19NO2/c1-17-14(16)13-9-5-8-12(15-13)10-11-6-3-2-4-7-11/h2-4,6-7,12-13,15H,5,8-10H2,1H3/t12-,13+/m0/s1. The van der Waals surface area contributed by atoms with Gasteiger partial charge < -0.3 is 10.1 Å². The molecule has 17 heavy (non-hydrogen) atoms. The Bertz CT molecular complexity index is 364. The summed E-state index contributed by atoms with van der Waals surface area (Å²) in [6, 6.07) is 10.6. The fourth-order valence-electron chi connectivity index (χ4n) is 2.41. The largest absolute Gasteiger partial charge is 0.468 e. The number of carbonyl (C=O) groups is 1. The van der Waals surface area contributed by atoms with Crippen molar-refractivity contribution in [3.05, 3.63) is 35.9 Å². The molecule has 0 unspecified atom stereocenters. The number of methoxy groups -OCH3 is 1. The van der Waals surface area contributed by atoms with Gasteiger partial charge in [0.15, 0.2) is 0 Å². The summed E-state index contributed by atoms with van der Waals surface area (Å²) in [6.07, 6.45) is 4.08. The molecule has 0 bridgehead atoms. The van der Waals surface area contributed by atoms with Gasteiger partial charge in [0.1, 0.15) is 6.04 Å². The third kappa shape index (κ3) is 3.30. The topological polar surface area (TPSA) is 38.3 Å². The zero-order valence-electron chi connectivity index (χ0n) is 10.2. The van der Waals surface area contributed by atoms with Crippen LogP contribution in [0.25, 0.3) is 0 Å². The lowest BCUT2D eigenvalue weighted by Gasteiger charge is -2.29. The number of esters is 1.